The van der Waals surface area contributed by atoms with Crippen molar-refractivity contribution in [1.82, 2.24) is 42.1 Å². The molecular weight excluding hydrogens is 923 g/mol. The molecule has 1 fully saturated rings. The second-order valence-corrected chi connectivity index (χ2v) is 18.6. The number of carbonyl (C=O) groups excluding carboxylic acids is 9. The summed E-state index contributed by atoms with van der Waals surface area (Å²) < 4.78 is 0. The maximum atomic E-state index is 13.8. The molecule has 8 amide bonds. The standard InChI is InChI=1S/C45H75N9O16/c1-9-24(6)36(46)45(70)54-18-10-11-32(54)43(68)52-31(20-23(4)5)42(67)53-37(26(8)56)44(69)51-30(14-17-35(61)62)41(66)50-28(12-15-33(57)58)39(64)47-25(7)38(63)49-29(13-16-34(59)60)40(65)48-27(21-55)19-22(2)3/h21-32,36-37,56H,9-20,46H2,1-8H3,(H,47,64)(H,48,65)(H,49,63)(H,50,66)(H,51,69)(H,52,68)(H,53,67)(H,57,58)(H,59,60)(H,61,62)/t24-,25-,26+,27-,28-,29-,30-,31-,32-,36-,37-/m0/s1. The summed E-state index contributed by atoms with van der Waals surface area (Å²) in [6.45, 7) is 13.4. The van der Waals surface area contributed by atoms with Crippen LogP contribution in [0.3, 0.4) is 0 Å². The fraction of sp³-hybridized carbons (Fsp3) is 0.733. The van der Waals surface area contributed by atoms with Gasteiger partial charge < -0.3 is 73.1 Å². The number of carboxylic acids is 3. The van der Waals surface area contributed by atoms with E-state index in [-0.39, 0.29) is 37.1 Å². The van der Waals surface area contributed by atoms with Crippen LogP contribution >= 0.6 is 0 Å². The van der Waals surface area contributed by atoms with E-state index in [1.165, 1.54) is 4.90 Å². The van der Waals surface area contributed by atoms with Crippen LogP contribution in [0.1, 0.15) is 126 Å². The second-order valence-electron chi connectivity index (χ2n) is 18.6. The number of aliphatic hydroxyl groups is 1. The van der Waals surface area contributed by atoms with Gasteiger partial charge in [0, 0.05) is 25.8 Å². The molecule has 1 saturated heterocycles. The summed E-state index contributed by atoms with van der Waals surface area (Å²) in [5.41, 5.74) is 6.19. The van der Waals surface area contributed by atoms with Gasteiger partial charge in [0.1, 0.15) is 48.6 Å². The van der Waals surface area contributed by atoms with Gasteiger partial charge in [0.25, 0.3) is 0 Å². The number of carbonyl (C=O) groups is 12. The van der Waals surface area contributed by atoms with E-state index in [0.717, 1.165) is 13.8 Å². The zero-order valence-electron chi connectivity index (χ0n) is 41.3. The van der Waals surface area contributed by atoms with Crippen molar-refractivity contribution in [1.29, 1.82) is 0 Å². The van der Waals surface area contributed by atoms with Crippen LogP contribution in [0.5, 0.6) is 0 Å². The van der Waals surface area contributed by atoms with E-state index in [9.17, 15) is 78.0 Å². The number of aliphatic carboxylic acids is 3. The molecule has 0 bridgehead atoms. The molecule has 1 rings (SSSR count). The quantitative estimate of drug-likeness (QED) is 0.0325. The van der Waals surface area contributed by atoms with Crippen LogP contribution in [0.4, 0.5) is 0 Å². The Kier molecular flexibility index (Phi) is 26.8. The Hall–Kier alpha value is -6.24. The molecule has 0 radical (unpaired) electrons. The Morgan fingerprint density at radius 2 is 1.04 bits per heavy atom. The first-order valence-electron chi connectivity index (χ1n) is 23.6. The predicted molar refractivity (Wildman–Crippen MR) is 249 cm³/mol. The number of rotatable bonds is 32. The molecule has 1 aliphatic rings. The molecule has 1 heterocycles. The molecule has 1 aliphatic heterocycles. The molecule has 0 aromatic carbocycles. The summed E-state index contributed by atoms with van der Waals surface area (Å²) >= 11 is 0. The van der Waals surface area contributed by atoms with Crippen LogP contribution in [-0.2, 0) is 57.5 Å². The lowest BCUT2D eigenvalue weighted by Gasteiger charge is -2.31. The summed E-state index contributed by atoms with van der Waals surface area (Å²) in [5, 5.41) is 55.4. The fourth-order valence-corrected chi connectivity index (χ4v) is 7.38. The maximum absolute atomic E-state index is 13.8. The number of hydrogen-bond donors (Lipinski definition) is 12. The lowest BCUT2D eigenvalue weighted by molar-refractivity contribution is -0.141. The van der Waals surface area contributed by atoms with Gasteiger partial charge in [-0.3, -0.25) is 52.7 Å². The largest absolute Gasteiger partial charge is 0.481 e. The van der Waals surface area contributed by atoms with E-state index >= 15 is 0 Å². The van der Waals surface area contributed by atoms with Crippen molar-refractivity contribution in [3.8, 4) is 0 Å². The van der Waals surface area contributed by atoms with Crippen LogP contribution in [0.25, 0.3) is 0 Å². The van der Waals surface area contributed by atoms with Crippen LogP contribution in [0.2, 0.25) is 0 Å². The minimum absolute atomic E-state index is 0.0191. The van der Waals surface area contributed by atoms with Gasteiger partial charge >= 0.3 is 17.9 Å². The van der Waals surface area contributed by atoms with Crippen LogP contribution in [-0.4, -0.2) is 164 Å². The minimum Gasteiger partial charge on any atom is -0.481 e. The van der Waals surface area contributed by atoms with Gasteiger partial charge in [0.15, 0.2) is 0 Å². The average Bonchev–Trinajstić information content (AvgIpc) is 3.77. The summed E-state index contributed by atoms with van der Waals surface area (Å²) in [6, 6.07) is -12.4. The predicted octanol–water partition coefficient (Wildman–Crippen LogP) is -1.97. The van der Waals surface area contributed by atoms with Gasteiger partial charge in [0.05, 0.1) is 18.2 Å². The maximum Gasteiger partial charge on any atom is 0.303 e. The van der Waals surface area contributed by atoms with E-state index < -0.39 is 164 Å². The Morgan fingerprint density at radius 3 is 1.49 bits per heavy atom. The molecule has 25 heteroatoms. The molecule has 25 nitrogen and oxygen atoms in total. The summed E-state index contributed by atoms with van der Waals surface area (Å²) in [5.74, 6) is -11.9. The molecule has 70 heavy (non-hydrogen) atoms. The number of likely N-dealkylation sites (tertiary alicyclic amines) is 1. The first-order chi connectivity index (χ1) is 32.6. The second kappa shape index (κ2) is 30.4. The van der Waals surface area contributed by atoms with Gasteiger partial charge in [0.2, 0.25) is 47.3 Å². The molecular formula is C45H75N9O16. The van der Waals surface area contributed by atoms with Crippen molar-refractivity contribution in [2.45, 2.75) is 186 Å². The third-order valence-electron chi connectivity index (χ3n) is 11.6. The highest BCUT2D eigenvalue weighted by atomic mass is 16.4. The van der Waals surface area contributed by atoms with Gasteiger partial charge in [-0.15, -0.1) is 0 Å². The van der Waals surface area contributed by atoms with Gasteiger partial charge in [-0.1, -0.05) is 48.0 Å². The van der Waals surface area contributed by atoms with Gasteiger partial charge in [-0.2, -0.15) is 0 Å². The molecule has 11 atom stereocenters. The van der Waals surface area contributed by atoms with Crippen molar-refractivity contribution in [2.75, 3.05) is 6.54 Å². The molecule has 0 spiro atoms. The first kappa shape index (κ1) is 61.8. The van der Waals surface area contributed by atoms with Gasteiger partial charge in [-0.25, -0.2) is 0 Å². The van der Waals surface area contributed by atoms with Crippen molar-refractivity contribution in [3.05, 3.63) is 0 Å². The lowest BCUT2D eigenvalue weighted by Crippen LogP contribution is -2.62. The Bertz CT molecular complexity index is 1860. The molecule has 0 unspecified atom stereocenters. The number of nitrogens with zero attached hydrogens (tertiary/aromatic N) is 1. The fourth-order valence-electron chi connectivity index (χ4n) is 7.38. The number of amides is 8. The molecule has 0 aromatic rings. The number of carboxylic acid groups (broad SMARTS) is 3. The van der Waals surface area contributed by atoms with E-state index in [1.807, 2.05) is 13.8 Å². The molecule has 13 N–H and O–H groups in total. The first-order valence-corrected chi connectivity index (χ1v) is 23.6. The van der Waals surface area contributed by atoms with E-state index in [4.69, 9.17) is 5.73 Å². The Morgan fingerprint density at radius 1 is 0.600 bits per heavy atom. The van der Waals surface area contributed by atoms with E-state index in [1.54, 1.807) is 27.7 Å². The van der Waals surface area contributed by atoms with E-state index in [0.29, 0.717) is 25.5 Å². The SMILES string of the molecule is CC[C@H](C)[C@H](N)C(=O)N1CCC[C@H]1C(=O)N[C@@H](CC(C)C)C(=O)N[C@H](C(=O)N[C@@H](CCC(=O)O)C(=O)N[C@@H](CCC(=O)O)C(=O)N[C@@H](C)C(=O)N[C@@H](CCC(=O)O)C(=O)N[C@H](C=O)CC(C)C)[C@@H](C)O. The summed E-state index contributed by atoms with van der Waals surface area (Å²) in [7, 11) is 0. The highest BCUT2D eigenvalue weighted by Gasteiger charge is 2.40. The zero-order valence-corrected chi connectivity index (χ0v) is 41.3. The highest BCUT2D eigenvalue weighted by Crippen LogP contribution is 2.21. The smallest absolute Gasteiger partial charge is 0.303 e. The van der Waals surface area contributed by atoms with E-state index in [2.05, 4.69) is 37.2 Å². The zero-order chi connectivity index (χ0) is 53.6. The summed E-state index contributed by atoms with van der Waals surface area (Å²) in [4.78, 5) is 156. The molecule has 0 saturated carbocycles. The summed E-state index contributed by atoms with van der Waals surface area (Å²) in [6.07, 6.45) is -3.11. The number of aliphatic hydroxyl groups excluding tert-OH is 1. The van der Waals surface area contributed by atoms with Crippen molar-refractivity contribution >= 4 is 71.5 Å². The number of nitrogens with one attached hydrogen (secondary N) is 7. The minimum atomic E-state index is -1.82. The Labute approximate surface area is 407 Å². The van der Waals surface area contributed by atoms with Crippen molar-refractivity contribution in [3.63, 3.8) is 0 Å². The van der Waals surface area contributed by atoms with Gasteiger partial charge in [-0.05, 0) is 76.5 Å². The third-order valence-corrected chi connectivity index (χ3v) is 11.6. The molecule has 396 valence electrons. The topological polar surface area (TPSA) is 399 Å². The molecule has 0 aromatic heterocycles. The van der Waals surface area contributed by atoms with Crippen molar-refractivity contribution < 1.29 is 78.0 Å². The number of aldehydes is 1. The number of hydrogen-bond acceptors (Lipinski definition) is 14. The molecule has 0 aliphatic carbocycles. The normalized spacial score (nSPS) is 17.7. The monoisotopic (exact) mass is 998 g/mol. The van der Waals surface area contributed by atoms with Crippen LogP contribution < -0.4 is 43.0 Å². The number of nitrogens with two attached hydrogens (primary N) is 1. The van der Waals surface area contributed by atoms with Crippen molar-refractivity contribution in [2.24, 2.45) is 23.5 Å². The van der Waals surface area contributed by atoms with Crippen LogP contribution in [0.15, 0.2) is 0 Å². The third kappa shape index (κ3) is 21.6. The average molecular weight is 998 g/mol. The Balaban J connectivity index is 3.33. The van der Waals surface area contributed by atoms with Crippen LogP contribution in [0, 0.1) is 17.8 Å². The highest BCUT2D eigenvalue weighted by molar-refractivity contribution is 5.98. The lowest BCUT2D eigenvalue weighted by atomic mass is 9.98.